The van der Waals surface area contributed by atoms with Crippen LogP contribution in [0, 0.1) is 0 Å². The molecule has 1 aliphatic heterocycles. The highest BCUT2D eigenvalue weighted by atomic mass is 16.3. The maximum atomic E-state index is 9.67. The Morgan fingerprint density at radius 2 is 2.13 bits per heavy atom. The van der Waals surface area contributed by atoms with Crippen molar-refractivity contribution in [2.45, 2.75) is 31.8 Å². The van der Waals surface area contributed by atoms with Gasteiger partial charge < -0.3 is 10.0 Å². The fraction of sp³-hybridized carbons (Fsp3) is 0.583. The van der Waals surface area contributed by atoms with E-state index in [9.17, 15) is 5.11 Å². The SMILES string of the molecule is CC1(O)CN(c2ccc3c(n2)CCC3)C1. The van der Waals surface area contributed by atoms with Crippen LogP contribution in [-0.2, 0) is 12.8 Å². The molecule has 0 aromatic carbocycles. The number of β-amino-alcohol motifs (C(OH)–C–C–N with tert-alkyl or cyclic N) is 1. The zero-order valence-corrected chi connectivity index (χ0v) is 9.03. The minimum absolute atomic E-state index is 0.513. The van der Waals surface area contributed by atoms with Crippen LogP contribution in [0.4, 0.5) is 5.82 Å². The largest absolute Gasteiger partial charge is 0.386 e. The highest BCUT2D eigenvalue weighted by Crippen LogP contribution is 2.28. The van der Waals surface area contributed by atoms with Crippen molar-refractivity contribution in [2.24, 2.45) is 0 Å². The molecule has 1 aromatic rings. The van der Waals surface area contributed by atoms with Crippen molar-refractivity contribution in [1.29, 1.82) is 0 Å². The number of aryl methyl sites for hydroxylation is 2. The number of aromatic nitrogens is 1. The molecule has 80 valence electrons. The van der Waals surface area contributed by atoms with Gasteiger partial charge in [-0.05, 0) is 37.8 Å². The lowest BCUT2D eigenvalue weighted by atomic mass is 9.97. The van der Waals surface area contributed by atoms with Gasteiger partial charge in [-0.2, -0.15) is 0 Å². The van der Waals surface area contributed by atoms with Gasteiger partial charge in [0.2, 0.25) is 0 Å². The number of hydrogen-bond donors (Lipinski definition) is 1. The predicted octanol–water partition coefficient (Wildman–Crippen LogP) is 1.14. The summed E-state index contributed by atoms with van der Waals surface area (Å²) >= 11 is 0. The molecule has 0 bridgehead atoms. The van der Waals surface area contributed by atoms with Gasteiger partial charge in [-0.25, -0.2) is 4.98 Å². The molecule has 2 aliphatic rings. The maximum absolute atomic E-state index is 9.67. The molecule has 0 unspecified atom stereocenters. The van der Waals surface area contributed by atoms with Gasteiger partial charge in [0, 0.05) is 18.8 Å². The normalized spacial score (nSPS) is 22.4. The Bertz CT molecular complexity index is 393. The van der Waals surface area contributed by atoms with Crippen molar-refractivity contribution in [2.75, 3.05) is 18.0 Å². The lowest BCUT2D eigenvalue weighted by Gasteiger charge is -2.45. The molecule has 0 amide bonds. The monoisotopic (exact) mass is 204 g/mol. The van der Waals surface area contributed by atoms with Crippen molar-refractivity contribution in [1.82, 2.24) is 4.98 Å². The molecule has 2 heterocycles. The highest BCUT2D eigenvalue weighted by molar-refractivity contribution is 5.46. The van der Waals surface area contributed by atoms with E-state index < -0.39 is 5.60 Å². The first-order chi connectivity index (χ1) is 7.14. The van der Waals surface area contributed by atoms with Crippen LogP contribution in [0.15, 0.2) is 12.1 Å². The predicted molar refractivity (Wildman–Crippen MR) is 59.1 cm³/mol. The number of rotatable bonds is 1. The van der Waals surface area contributed by atoms with Crippen molar-refractivity contribution in [3.63, 3.8) is 0 Å². The molecule has 3 nitrogen and oxygen atoms in total. The number of pyridine rings is 1. The van der Waals surface area contributed by atoms with Gasteiger partial charge >= 0.3 is 0 Å². The number of anilines is 1. The van der Waals surface area contributed by atoms with Gasteiger partial charge in [0.15, 0.2) is 0 Å². The van der Waals surface area contributed by atoms with Crippen LogP contribution in [0.3, 0.4) is 0 Å². The van der Waals surface area contributed by atoms with Gasteiger partial charge in [0.25, 0.3) is 0 Å². The molecule has 1 fully saturated rings. The molecule has 3 rings (SSSR count). The Hall–Kier alpha value is -1.09. The summed E-state index contributed by atoms with van der Waals surface area (Å²) in [5, 5.41) is 9.67. The highest BCUT2D eigenvalue weighted by Gasteiger charge is 2.37. The smallest absolute Gasteiger partial charge is 0.129 e. The molecular formula is C12H16N2O. The second kappa shape index (κ2) is 2.95. The number of nitrogens with zero attached hydrogens (tertiary/aromatic N) is 2. The summed E-state index contributed by atoms with van der Waals surface area (Å²) in [5.74, 6) is 1.03. The summed E-state index contributed by atoms with van der Waals surface area (Å²) in [6.07, 6.45) is 3.54. The molecular weight excluding hydrogens is 188 g/mol. The molecule has 1 saturated heterocycles. The van der Waals surface area contributed by atoms with E-state index in [-0.39, 0.29) is 0 Å². The third kappa shape index (κ3) is 1.51. The molecule has 0 radical (unpaired) electrons. The molecule has 1 aromatic heterocycles. The van der Waals surface area contributed by atoms with Gasteiger partial charge in [-0.15, -0.1) is 0 Å². The van der Waals surface area contributed by atoms with E-state index in [1.54, 1.807) is 0 Å². The summed E-state index contributed by atoms with van der Waals surface area (Å²) in [7, 11) is 0. The first kappa shape index (κ1) is 9.16. The topological polar surface area (TPSA) is 36.4 Å². The standard InChI is InChI=1S/C12H16N2O/c1-12(15)7-14(8-12)11-6-5-9-3-2-4-10(9)13-11/h5-6,15H,2-4,7-8H2,1H3. The van der Waals surface area contributed by atoms with Crippen LogP contribution in [0.1, 0.15) is 24.6 Å². The van der Waals surface area contributed by atoms with Crippen LogP contribution in [0.25, 0.3) is 0 Å². The molecule has 3 heteroatoms. The Labute approximate surface area is 89.7 Å². The van der Waals surface area contributed by atoms with Crippen molar-refractivity contribution in [3.05, 3.63) is 23.4 Å². The molecule has 0 saturated carbocycles. The molecule has 0 spiro atoms. The second-order valence-electron chi connectivity index (χ2n) is 4.98. The van der Waals surface area contributed by atoms with Crippen molar-refractivity contribution < 1.29 is 5.11 Å². The van der Waals surface area contributed by atoms with E-state index >= 15 is 0 Å². The fourth-order valence-corrected chi connectivity index (χ4v) is 2.52. The number of aliphatic hydroxyl groups is 1. The first-order valence-electron chi connectivity index (χ1n) is 5.60. The van der Waals surface area contributed by atoms with Gasteiger partial charge in [-0.3, -0.25) is 0 Å². The lowest BCUT2D eigenvalue weighted by Crippen LogP contribution is -2.60. The molecule has 1 N–H and O–H groups in total. The summed E-state index contributed by atoms with van der Waals surface area (Å²) in [4.78, 5) is 6.79. The first-order valence-corrected chi connectivity index (χ1v) is 5.60. The van der Waals surface area contributed by atoms with E-state index in [4.69, 9.17) is 0 Å². The maximum Gasteiger partial charge on any atom is 0.129 e. The Morgan fingerprint density at radius 1 is 1.33 bits per heavy atom. The number of hydrogen-bond acceptors (Lipinski definition) is 3. The van der Waals surface area contributed by atoms with E-state index in [0.29, 0.717) is 13.1 Å². The average molecular weight is 204 g/mol. The molecule has 0 atom stereocenters. The Balaban J connectivity index is 1.83. The zero-order chi connectivity index (χ0) is 10.5. The van der Waals surface area contributed by atoms with Crippen LogP contribution in [0.5, 0.6) is 0 Å². The lowest BCUT2D eigenvalue weighted by molar-refractivity contribution is 0.0305. The third-order valence-electron chi connectivity index (χ3n) is 3.30. The summed E-state index contributed by atoms with van der Waals surface area (Å²) in [6, 6.07) is 4.27. The summed E-state index contributed by atoms with van der Waals surface area (Å²) < 4.78 is 0. The van der Waals surface area contributed by atoms with Crippen LogP contribution < -0.4 is 4.90 Å². The third-order valence-corrected chi connectivity index (χ3v) is 3.30. The number of fused-ring (bicyclic) bond motifs is 1. The van der Waals surface area contributed by atoms with Crippen LogP contribution in [-0.4, -0.2) is 28.8 Å². The Kier molecular flexibility index (Phi) is 1.80. The zero-order valence-electron chi connectivity index (χ0n) is 9.03. The van der Waals surface area contributed by atoms with E-state index in [1.807, 2.05) is 6.92 Å². The van der Waals surface area contributed by atoms with Crippen molar-refractivity contribution >= 4 is 5.82 Å². The Morgan fingerprint density at radius 3 is 2.87 bits per heavy atom. The van der Waals surface area contributed by atoms with Crippen LogP contribution >= 0.6 is 0 Å². The molecule has 15 heavy (non-hydrogen) atoms. The van der Waals surface area contributed by atoms with E-state index in [2.05, 4.69) is 22.0 Å². The van der Waals surface area contributed by atoms with Crippen molar-refractivity contribution in [3.8, 4) is 0 Å². The summed E-state index contributed by atoms with van der Waals surface area (Å²) in [5.41, 5.74) is 2.16. The average Bonchev–Trinajstić information content (AvgIpc) is 2.60. The van der Waals surface area contributed by atoms with Gasteiger partial charge in [-0.1, -0.05) is 6.07 Å². The minimum Gasteiger partial charge on any atom is -0.386 e. The second-order valence-corrected chi connectivity index (χ2v) is 4.98. The minimum atomic E-state index is -0.513. The van der Waals surface area contributed by atoms with E-state index in [0.717, 1.165) is 12.2 Å². The molecule has 1 aliphatic carbocycles. The van der Waals surface area contributed by atoms with Gasteiger partial charge in [0.1, 0.15) is 5.82 Å². The van der Waals surface area contributed by atoms with Gasteiger partial charge in [0.05, 0.1) is 5.60 Å². The van der Waals surface area contributed by atoms with E-state index in [1.165, 1.54) is 24.1 Å². The van der Waals surface area contributed by atoms with Crippen LogP contribution in [0.2, 0.25) is 0 Å². The fourth-order valence-electron chi connectivity index (χ4n) is 2.52. The quantitative estimate of drug-likeness (QED) is 0.745. The summed E-state index contributed by atoms with van der Waals surface area (Å²) in [6.45, 7) is 3.29.